The summed E-state index contributed by atoms with van der Waals surface area (Å²) in [7, 11) is 1.81. The van der Waals surface area contributed by atoms with Gasteiger partial charge in [0.1, 0.15) is 18.1 Å². The van der Waals surface area contributed by atoms with Gasteiger partial charge in [-0.1, -0.05) is 36.4 Å². The molecule has 0 atom stereocenters. The molecule has 0 aromatic heterocycles. The van der Waals surface area contributed by atoms with Gasteiger partial charge < -0.3 is 14.4 Å². The maximum Gasteiger partial charge on any atom is 0.222 e. The molecule has 0 spiro atoms. The summed E-state index contributed by atoms with van der Waals surface area (Å²) in [6.45, 7) is 3.63. The highest BCUT2D eigenvalue weighted by molar-refractivity contribution is 5.75. The molecule has 2 aromatic carbocycles. The summed E-state index contributed by atoms with van der Waals surface area (Å²) in [6, 6.07) is 17.5. The van der Waals surface area contributed by atoms with Crippen LogP contribution in [-0.2, 0) is 4.79 Å². The fraction of sp³-hybridized carbons (Fsp3) is 0.350. The minimum absolute atomic E-state index is 0.111. The van der Waals surface area contributed by atoms with Crippen LogP contribution in [0.2, 0.25) is 0 Å². The van der Waals surface area contributed by atoms with Gasteiger partial charge in [0, 0.05) is 13.5 Å². The molecule has 0 heterocycles. The molecule has 0 aliphatic rings. The SMILES string of the molecule is Cc1ccccc1OCCN(C)C(=O)CCCOc1ccccc1. The van der Waals surface area contributed by atoms with Crippen molar-refractivity contribution in [3.8, 4) is 11.5 Å². The number of ether oxygens (including phenoxy) is 2. The lowest BCUT2D eigenvalue weighted by Crippen LogP contribution is -2.31. The van der Waals surface area contributed by atoms with E-state index in [9.17, 15) is 4.79 Å². The van der Waals surface area contributed by atoms with Crippen molar-refractivity contribution in [2.24, 2.45) is 0 Å². The average molecular weight is 327 g/mol. The normalized spacial score (nSPS) is 10.2. The number of carbonyl (C=O) groups is 1. The summed E-state index contributed by atoms with van der Waals surface area (Å²) in [5.74, 6) is 1.82. The molecule has 0 N–H and O–H groups in total. The maximum atomic E-state index is 12.1. The fourth-order valence-electron chi connectivity index (χ4n) is 2.26. The Morgan fingerprint density at radius 1 is 0.958 bits per heavy atom. The van der Waals surface area contributed by atoms with Gasteiger partial charge in [-0.2, -0.15) is 0 Å². The van der Waals surface area contributed by atoms with Crippen LogP contribution in [-0.4, -0.2) is 37.6 Å². The minimum atomic E-state index is 0.111. The van der Waals surface area contributed by atoms with Crippen molar-refractivity contribution in [2.45, 2.75) is 19.8 Å². The Bertz CT molecular complexity index is 628. The topological polar surface area (TPSA) is 38.8 Å². The molecule has 0 fully saturated rings. The van der Waals surface area contributed by atoms with Crippen molar-refractivity contribution in [1.82, 2.24) is 4.90 Å². The molecule has 1 amide bonds. The zero-order valence-corrected chi connectivity index (χ0v) is 14.4. The average Bonchev–Trinajstić information content (AvgIpc) is 2.61. The number of benzene rings is 2. The van der Waals surface area contributed by atoms with Gasteiger partial charge in [-0.3, -0.25) is 4.79 Å². The molecule has 2 aromatic rings. The number of aryl methyl sites for hydroxylation is 1. The van der Waals surface area contributed by atoms with Crippen molar-refractivity contribution in [2.75, 3.05) is 26.8 Å². The lowest BCUT2D eigenvalue weighted by atomic mass is 10.2. The predicted molar refractivity (Wildman–Crippen MR) is 95.5 cm³/mol. The van der Waals surface area contributed by atoms with Crippen LogP contribution in [0.4, 0.5) is 0 Å². The Balaban J connectivity index is 1.61. The second kappa shape index (κ2) is 9.60. The first kappa shape index (κ1) is 17.9. The van der Waals surface area contributed by atoms with Gasteiger partial charge in [0.2, 0.25) is 5.91 Å². The molecule has 128 valence electrons. The minimum Gasteiger partial charge on any atom is -0.494 e. The third-order valence-corrected chi connectivity index (χ3v) is 3.75. The molecule has 0 aliphatic heterocycles. The fourth-order valence-corrected chi connectivity index (χ4v) is 2.26. The molecular formula is C20H25NO3. The predicted octanol–water partition coefficient (Wildman–Crippen LogP) is 3.69. The van der Waals surface area contributed by atoms with E-state index in [4.69, 9.17) is 9.47 Å². The van der Waals surface area contributed by atoms with E-state index in [2.05, 4.69) is 0 Å². The van der Waals surface area contributed by atoms with Crippen LogP contribution in [0.1, 0.15) is 18.4 Å². The van der Waals surface area contributed by atoms with Crippen LogP contribution in [0.15, 0.2) is 54.6 Å². The third-order valence-electron chi connectivity index (χ3n) is 3.75. The van der Waals surface area contributed by atoms with Crippen LogP contribution in [0.5, 0.6) is 11.5 Å². The second-order valence-electron chi connectivity index (χ2n) is 5.69. The Morgan fingerprint density at radius 2 is 1.67 bits per heavy atom. The van der Waals surface area contributed by atoms with E-state index in [1.54, 1.807) is 4.90 Å². The summed E-state index contributed by atoms with van der Waals surface area (Å²) in [6.07, 6.45) is 1.18. The standard InChI is InChI=1S/C20H25NO3/c1-17-9-6-7-12-19(17)24-16-14-21(2)20(22)13-8-15-23-18-10-4-3-5-11-18/h3-7,9-12H,8,13-16H2,1-2H3. The largest absolute Gasteiger partial charge is 0.494 e. The van der Waals surface area contributed by atoms with Gasteiger partial charge in [0.25, 0.3) is 0 Å². The lowest BCUT2D eigenvalue weighted by molar-refractivity contribution is -0.130. The van der Waals surface area contributed by atoms with Gasteiger partial charge in [-0.05, 0) is 37.1 Å². The number of para-hydroxylation sites is 2. The smallest absolute Gasteiger partial charge is 0.222 e. The molecule has 0 aliphatic carbocycles. The first-order chi connectivity index (χ1) is 11.7. The summed E-state index contributed by atoms with van der Waals surface area (Å²) < 4.78 is 11.3. The molecule has 0 saturated carbocycles. The Labute approximate surface area is 144 Å². The molecule has 0 saturated heterocycles. The Morgan fingerprint density at radius 3 is 2.42 bits per heavy atom. The quantitative estimate of drug-likeness (QED) is 0.659. The summed E-state index contributed by atoms with van der Waals surface area (Å²) in [5, 5.41) is 0. The number of carbonyl (C=O) groups excluding carboxylic acids is 1. The second-order valence-corrected chi connectivity index (χ2v) is 5.69. The molecule has 4 nitrogen and oxygen atoms in total. The van der Waals surface area contributed by atoms with E-state index in [1.165, 1.54) is 0 Å². The van der Waals surface area contributed by atoms with Crippen LogP contribution >= 0.6 is 0 Å². The van der Waals surface area contributed by atoms with Crippen LogP contribution < -0.4 is 9.47 Å². The van der Waals surface area contributed by atoms with Crippen LogP contribution in [0.3, 0.4) is 0 Å². The molecule has 4 heteroatoms. The summed E-state index contributed by atoms with van der Waals surface area (Å²) in [4.78, 5) is 13.8. The number of amides is 1. The summed E-state index contributed by atoms with van der Waals surface area (Å²) >= 11 is 0. The monoisotopic (exact) mass is 327 g/mol. The number of nitrogens with zero attached hydrogens (tertiary/aromatic N) is 1. The van der Waals surface area contributed by atoms with Crippen molar-refractivity contribution in [1.29, 1.82) is 0 Å². The van der Waals surface area contributed by atoms with Gasteiger partial charge in [-0.25, -0.2) is 0 Å². The number of rotatable bonds is 9. The van der Waals surface area contributed by atoms with E-state index in [0.29, 0.717) is 32.6 Å². The Hall–Kier alpha value is -2.49. The highest BCUT2D eigenvalue weighted by atomic mass is 16.5. The van der Waals surface area contributed by atoms with E-state index < -0.39 is 0 Å². The van der Waals surface area contributed by atoms with Gasteiger partial charge in [0.15, 0.2) is 0 Å². The van der Waals surface area contributed by atoms with Crippen LogP contribution in [0, 0.1) is 6.92 Å². The van der Waals surface area contributed by atoms with Crippen LogP contribution in [0.25, 0.3) is 0 Å². The maximum absolute atomic E-state index is 12.1. The highest BCUT2D eigenvalue weighted by Crippen LogP contribution is 2.16. The van der Waals surface area contributed by atoms with E-state index >= 15 is 0 Å². The van der Waals surface area contributed by atoms with Crippen molar-refractivity contribution in [3.63, 3.8) is 0 Å². The zero-order valence-electron chi connectivity index (χ0n) is 14.4. The Kier molecular flexibility index (Phi) is 7.15. The van der Waals surface area contributed by atoms with E-state index in [-0.39, 0.29) is 5.91 Å². The molecule has 0 unspecified atom stereocenters. The number of hydrogen-bond donors (Lipinski definition) is 0. The van der Waals surface area contributed by atoms with Crippen molar-refractivity contribution in [3.05, 3.63) is 60.2 Å². The van der Waals surface area contributed by atoms with Gasteiger partial charge in [-0.15, -0.1) is 0 Å². The molecule has 24 heavy (non-hydrogen) atoms. The lowest BCUT2D eigenvalue weighted by Gasteiger charge is -2.18. The first-order valence-electron chi connectivity index (χ1n) is 8.27. The number of likely N-dealkylation sites (N-methyl/N-ethyl adjacent to an activating group) is 1. The van der Waals surface area contributed by atoms with Crippen molar-refractivity contribution >= 4 is 5.91 Å². The number of hydrogen-bond acceptors (Lipinski definition) is 3. The zero-order chi connectivity index (χ0) is 17.2. The van der Waals surface area contributed by atoms with E-state index in [0.717, 1.165) is 17.1 Å². The van der Waals surface area contributed by atoms with E-state index in [1.807, 2.05) is 68.6 Å². The van der Waals surface area contributed by atoms with Gasteiger partial charge >= 0.3 is 0 Å². The molecule has 2 rings (SSSR count). The van der Waals surface area contributed by atoms with Gasteiger partial charge in [0.05, 0.1) is 13.2 Å². The van der Waals surface area contributed by atoms with Crippen molar-refractivity contribution < 1.29 is 14.3 Å². The molecular weight excluding hydrogens is 302 g/mol. The summed E-state index contributed by atoms with van der Waals surface area (Å²) in [5.41, 5.74) is 1.10. The highest BCUT2D eigenvalue weighted by Gasteiger charge is 2.09. The first-order valence-corrected chi connectivity index (χ1v) is 8.27. The third kappa shape index (κ3) is 5.95. The molecule has 0 radical (unpaired) electrons. The molecule has 0 bridgehead atoms.